The molecule has 0 aliphatic rings. The number of aryl methyl sites for hydroxylation is 1. The minimum Gasteiger partial charge on any atom is -0.586 e. The SMILES string of the molecule is Cc1ccc([S+]([O-])N=Cc2cccc3cccnc23)cc1. The largest absolute Gasteiger partial charge is 0.586 e. The summed E-state index contributed by atoms with van der Waals surface area (Å²) >= 11 is -1.39. The van der Waals surface area contributed by atoms with Crippen molar-refractivity contribution in [3.63, 3.8) is 0 Å². The lowest BCUT2D eigenvalue weighted by atomic mass is 10.1. The molecule has 0 saturated heterocycles. The quantitative estimate of drug-likeness (QED) is 0.546. The highest BCUT2D eigenvalue weighted by Gasteiger charge is 2.09. The van der Waals surface area contributed by atoms with E-state index in [2.05, 4.69) is 9.38 Å². The van der Waals surface area contributed by atoms with Crippen LogP contribution in [0.1, 0.15) is 11.1 Å². The van der Waals surface area contributed by atoms with Gasteiger partial charge in [-0.3, -0.25) is 4.98 Å². The van der Waals surface area contributed by atoms with E-state index >= 15 is 0 Å². The Kier molecular flexibility index (Phi) is 3.99. The molecule has 104 valence electrons. The second-order valence-electron chi connectivity index (χ2n) is 4.72. The second kappa shape index (κ2) is 6.08. The van der Waals surface area contributed by atoms with Gasteiger partial charge in [0, 0.05) is 17.1 Å². The van der Waals surface area contributed by atoms with Gasteiger partial charge in [0.15, 0.2) is 4.90 Å². The van der Waals surface area contributed by atoms with Crippen molar-refractivity contribution in [1.82, 2.24) is 4.98 Å². The van der Waals surface area contributed by atoms with Gasteiger partial charge in [0.25, 0.3) is 0 Å². The van der Waals surface area contributed by atoms with Crippen molar-refractivity contribution in [2.75, 3.05) is 0 Å². The summed E-state index contributed by atoms with van der Waals surface area (Å²) in [7, 11) is 0. The Morgan fingerprint density at radius 3 is 2.62 bits per heavy atom. The molecule has 1 heterocycles. The third-order valence-electron chi connectivity index (χ3n) is 3.17. The Balaban J connectivity index is 1.89. The lowest BCUT2D eigenvalue weighted by molar-refractivity contribution is 0.597. The molecule has 3 aromatic rings. The molecule has 3 nitrogen and oxygen atoms in total. The Morgan fingerprint density at radius 1 is 1.05 bits per heavy atom. The Morgan fingerprint density at radius 2 is 1.81 bits per heavy atom. The molecule has 1 unspecified atom stereocenters. The molecule has 0 aliphatic heterocycles. The fourth-order valence-electron chi connectivity index (χ4n) is 2.05. The van der Waals surface area contributed by atoms with Crippen molar-refractivity contribution < 1.29 is 4.55 Å². The zero-order valence-corrected chi connectivity index (χ0v) is 12.4. The second-order valence-corrected chi connectivity index (χ2v) is 5.90. The Hall–Kier alpha value is -2.17. The van der Waals surface area contributed by atoms with Crippen molar-refractivity contribution in [2.45, 2.75) is 11.8 Å². The maximum atomic E-state index is 12.2. The van der Waals surface area contributed by atoms with Crippen LogP contribution < -0.4 is 0 Å². The molecule has 0 bridgehead atoms. The first-order valence-electron chi connectivity index (χ1n) is 6.60. The number of pyridine rings is 1. The average Bonchev–Trinajstić information content (AvgIpc) is 2.53. The van der Waals surface area contributed by atoms with Gasteiger partial charge in [0.1, 0.15) is 11.4 Å². The summed E-state index contributed by atoms with van der Waals surface area (Å²) in [5.74, 6) is 0. The standard InChI is InChI=1S/C17H14N2OS/c1-13-7-9-16(10-8-13)21(20)19-12-15-5-2-4-14-6-3-11-18-17(14)15/h2-12H,1H3. The van der Waals surface area contributed by atoms with Crippen LogP contribution in [0.3, 0.4) is 0 Å². The highest BCUT2D eigenvalue weighted by molar-refractivity contribution is 7.90. The van der Waals surface area contributed by atoms with Gasteiger partial charge in [-0.1, -0.05) is 46.4 Å². The van der Waals surface area contributed by atoms with Crippen molar-refractivity contribution in [3.05, 3.63) is 71.9 Å². The Labute approximate surface area is 126 Å². The van der Waals surface area contributed by atoms with Gasteiger partial charge in [-0.15, -0.1) is 0 Å². The molecule has 0 fully saturated rings. The molecule has 2 aromatic carbocycles. The van der Waals surface area contributed by atoms with Crippen LogP contribution in [0.25, 0.3) is 10.9 Å². The molecule has 4 heteroatoms. The molecule has 0 N–H and O–H groups in total. The fourth-order valence-corrected chi connectivity index (χ4v) is 2.75. The predicted octanol–water partition coefficient (Wildman–Crippen LogP) is 3.68. The van der Waals surface area contributed by atoms with Gasteiger partial charge >= 0.3 is 0 Å². The predicted molar refractivity (Wildman–Crippen MR) is 86.9 cm³/mol. The highest BCUT2D eigenvalue weighted by atomic mass is 32.2. The number of rotatable bonds is 3. The third-order valence-corrected chi connectivity index (χ3v) is 4.15. The van der Waals surface area contributed by atoms with E-state index in [4.69, 9.17) is 0 Å². The van der Waals surface area contributed by atoms with E-state index < -0.39 is 11.4 Å². The van der Waals surface area contributed by atoms with Crippen LogP contribution in [0.2, 0.25) is 0 Å². The molecule has 0 saturated carbocycles. The summed E-state index contributed by atoms with van der Waals surface area (Å²) in [5.41, 5.74) is 2.87. The lowest BCUT2D eigenvalue weighted by Crippen LogP contribution is -1.98. The number of fused-ring (bicyclic) bond motifs is 1. The smallest absolute Gasteiger partial charge is 0.182 e. The van der Waals surface area contributed by atoms with Crippen LogP contribution in [0.4, 0.5) is 0 Å². The van der Waals surface area contributed by atoms with E-state index in [9.17, 15) is 4.55 Å². The molecule has 1 aromatic heterocycles. The minimum absolute atomic E-state index is 0.699. The van der Waals surface area contributed by atoms with Gasteiger partial charge in [0.2, 0.25) is 0 Å². The first-order valence-corrected chi connectivity index (χ1v) is 7.71. The molecular weight excluding hydrogens is 280 g/mol. The van der Waals surface area contributed by atoms with Crippen LogP contribution in [-0.4, -0.2) is 15.8 Å². The molecule has 21 heavy (non-hydrogen) atoms. The Bertz CT molecular complexity index is 779. The van der Waals surface area contributed by atoms with Gasteiger partial charge < -0.3 is 4.55 Å². The number of nitrogens with zero attached hydrogens (tertiary/aromatic N) is 2. The van der Waals surface area contributed by atoms with E-state index in [0.29, 0.717) is 4.90 Å². The van der Waals surface area contributed by atoms with Gasteiger partial charge in [0.05, 0.1) is 11.7 Å². The molecule has 0 aliphatic carbocycles. The topological polar surface area (TPSA) is 48.3 Å². The van der Waals surface area contributed by atoms with E-state index in [-0.39, 0.29) is 0 Å². The average molecular weight is 294 g/mol. The fraction of sp³-hybridized carbons (Fsp3) is 0.0588. The van der Waals surface area contributed by atoms with Gasteiger partial charge in [-0.25, -0.2) is 0 Å². The molecule has 3 rings (SSSR count). The van der Waals surface area contributed by atoms with E-state index in [1.54, 1.807) is 12.4 Å². The van der Waals surface area contributed by atoms with Crippen molar-refractivity contribution >= 4 is 28.5 Å². The van der Waals surface area contributed by atoms with Crippen LogP contribution in [0, 0.1) is 6.92 Å². The number of benzene rings is 2. The summed E-state index contributed by atoms with van der Waals surface area (Å²) in [6.07, 6.45) is 3.38. The number of hydrogen-bond donors (Lipinski definition) is 0. The summed E-state index contributed by atoms with van der Waals surface area (Å²) in [4.78, 5) is 5.05. The van der Waals surface area contributed by atoms with E-state index in [0.717, 1.165) is 22.0 Å². The third kappa shape index (κ3) is 3.12. The number of para-hydroxylation sites is 1. The van der Waals surface area contributed by atoms with Crippen LogP contribution in [0.15, 0.2) is 70.1 Å². The molecule has 0 radical (unpaired) electrons. The first-order chi connectivity index (χ1) is 10.2. The summed E-state index contributed by atoms with van der Waals surface area (Å²) in [6, 6.07) is 17.3. The molecule has 0 amide bonds. The van der Waals surface area contributed by atoms with Crippen molar-refractivity contribution in [3.8, 4) is 0 Å². The normalized spacial score (nSPS) is 12.9. The molecular formula is C17H14N2OS. The van der Waals surface area contributed by atoms with Crippen molar-refractivity contribution in [1.29, 1.82) is 0 Å². The zero-order valence-electron chi connectivity index (χ0n) is 11.6. The van der Waals surface area contributed by atoms with Crippen LogP contribution >= 0.6 is 0 Å². The lowest BCUT2D eigenvalue weighted by Gasteiger charge is -2.03. The maximum Gasteiger partial charge on any atom is 0.182 e. The van der Waals surface area contributed by atoms with Gasteiger partial charge in [-0.2, -0.15) is 0 Å². The van der Waals surface area contributed by atoms with E-state index in [1.165, 1.54) is 0 Å². The zero-order chi connectivity index (χ0) is 14.7. The van der Waals surface area contributed by atoms with E-state index in [1.807, 2.05) is 61.5 Å². The highest BCUT2D eigenvalue weighted by Crippen LogP contribution is 2.16. The summed E-state index contributed by atoms with van der Waals surface area (Å²) in [6.45, 7) is 2.00. The number of hydrogen-bond acceptors (Lipinski definition) is 3. The molecule has 1 atom stereocenters. The minimum atomic E-state index is -1.39. The van der Waals surface area contributed by atoms with Crippen molar-refractivity contribution in [2.24, 2.45) is 4.40 Å². The van der Waals surface area contributed by atoms with Gasteiger partial charge in [-0.05, 0) is 25.1 Å². The number of aromatic nitrogens is 1. The first kappa shape index (κ1) is 13.8. The van der Waals surface area contributed by atoms with Crippen LogP contribution in [-0.2, 0) is 11.4 Å². The van der Waals surface area contributed by atoms with Crippen LogP contribution in [0.5, 0.6) is 0 Å². The molecule has 0 spiro atoms. The summed E-state index contributed by atoms with van der Waals surface area (Å²) in [5, 5.41) is 1.04. The monoisotopic (exact) mass is 294 g/mol. The summed E-state index contributed by atoms with van der Waals surface area (Å²) < 4.78 is 16.3. The maximum absolute atomic E-state index is 12.2.